The third-order valence-electron chi connectivity index (χ3n) is 3.56. The van der Waals surface area contributed by atoms with Gasteiger partial charge in [0.1, 0.15) is 0 Å². The number of nitrogens with zero attached hydrogens (tertiary/aromatic N) is 1. The lowest BCUT2D eigenvalue weighted by Crippen LogP contribution is -2.50. The molecule has 0 aromatic heterocycles. The lowest BCUT2D eigenvalue weighted by Gasteiger charge is -2.38. The second kappa shape index (κ2) is 5.15. The van der Waals surface area contributed by atoms with Crippen molar-refractivity contribution in [2.24, 2.45) is 0 Å². The highest BCUT2D eigenvalue weighted by molar-refractivity contribution is 5.92. The van der Waals surface area contributed by atoms with Gasteiger partial charge in [-0.3, -0.25) is 9.69 Å². The van der Waals surface area contributed by atoms with E-state index in [1.807, 2.05) is 12.1 Å². The van der Waals surface area contributed by atoms with Crippen LogP contribution in [0.15, 0.2) is 18.2 Å². The Balaban J connectivity index is 1.78. The Morgan fingerprint density at radius 1 is 1.45 bits per heavy atom. The molecule has 1 aromatic rings. The molecule has 0 spiro atoms. The van der Waals surface area contributed by atoms with E-state index in [-0.39, 0.29) is 23.5 Å². The number of likely N-dealkylation sites (tertiary alicyclic amines) is 1. The van der Waals surface area contributed by atoms with Crippen molar-refractivity contribution in [3.8, 4) is 11.5 Å². The molecule has 2 aliphatic rings. The summed E-state index contributed by atoms with van der Waals surface area (Å²) in [7, 11) is 1.70. The van der Waals surface area contributed by atoms with Gasteiger partial charge in [-0.1, -0.05) is 12.1 Å². The van der Waals surface area contributed by atoms with Crippen LogP contribution in [-0.2, 0) is 16.1 Å². The van der Waals surface area contributed by atoms with Gasteiger partial charge in [-0.2, -0.15) is 5.48 Å². The van der Waals surface area contributed by atoms with Crippen molar-refractivity contribution in [2.45, 2.75) is 12.6 Å². The zero-order chi connectivity index (χ0) is 14.1. The van der Waals surface area contributed by atoms with Gasteiger partial charge in [-0.05, 0) is 6.08 Å². The number of aromatic hydroxyl groups is 1. The van der Waals surface area contributed by atoms with Crippen molar-refractivity contribution in [1.29, 1.82) is 0 Å². The molecule has 1 saturated heterocycles. The van der Waals surface area contributed by atoms with E-state index >= 15 is 0 Å². The minimum atomic E-state index is -0.354. The van der Waals surface area contributed by atoms with Crippen LogP contribution in [-0.4, -0.2) is 42.2 Å². The predicted octanol–water partition coefficient (Wildman–Crippen LogP) is 0.660. The predicted molar refractivity (Wildman–Crippen MR) is 72.0 cm³/mol. The van der Waals surface area contributed by atoms with Crippen LogP contribution in [0.25, 0.3) is 6.08 Å². The Hall–Kier alpha value is -2.05. The van der Waals surface area contributed by atoms with Crippen LogP contribution in [0.3, 0.4) is 0 Å². The second-order valence-corrected chi connectivity index (χ2v) is 4.95. The molecule has 2 N–H and O–H groups in total. The van der Waals surface area contributed by atoms with Gasteiger partial charge in [-0.25, -0.2) is 0 Å². The van der Waals surface area contributed by atoms with Gasteiger partial charge < -0.3 is 14.7 Å². The van der Waals surface area contributed by atoms with E-state index in [4.69, 9.17) is 9.57 Å². The highest BCUT2D eigenvalue weighted by atomic mass is 16.7. The van der Waals surface area contributed by atoms with Crippen molar-refractivity contribution >= 4 is 12.0 Å². The van der Waals surface area contributed by atoms with Gasteiger partial charge in [0.15, 0.2) is 5.75 Å². The molecule has 2 heterocycles. The molecule has 3 rings (SSSR count). The third kappa shape index (κ3) is 2.35. The first-order valence-corrected chi connectivity index (χ1v) is 6.42. The van der Waals surface area contributed by atoms with E-state index in [1.165, 1.54) is 6.08 Å². The molecule has 0 unspecified atom stereocenters. The molecule has 1 fully saturated rings. The monoisotopic (exact) mass is 276 g/mol. The number of hydroxylamine groups is 1. The van der Waals surface area contributed by atoms with Crippen LogP contribution < -0.4 is 10.3 Å². The number of carbonyl (C=O) groups is 1. The molecular formula is C14H16N2O4. The molecule has 106 valence electrons. The minimum absolute atomic E-state index is 0.0650. The van der Waals surface area contributed by atoms with Gasteiger partial charge in [0.05, 0.1) is 6.10 Å². The first-order chi connectivity index (χ1) is 9.67. The molecular weight excluding hydrogens is 260 g/mol. The van der Waals surface area contributed by atoms with E-state index < -0.39 is 0 Å². The Morgan fingerprint density at radius 3 is 3.00 bits per heavy atom. The summed E-state index contributed by atoms with van der Waals surface area (Å²) in [5, 5.41) is 10.3. The topological polar surface area (TPSA) is 71.0 Å². The summed E-state index contributed by atoms with van der Waals surface area (Å²) in [6.07, 6.45) is 3.26. The highest BCUT2D eigenvalue weighted by Crippen LogP contribution is 2.36. The van der Waals surface area contributed by atoms with Crippen LogP contribution in [0.1, 0.15) is 11.1 Å². The molecule has 1 aromatic carbocycles. The number of rotatable bonds is 3. The number of methoxy groups -OCH3 is 1. The summed E-state index contributed by atoms with van der Waals surface area (Å²) in [6, 6.07) is 3.67. The third-order valence-corrected chi connectivity index (χ3v) is 3.56. The lowest BCUT2D eigenvalue weighted by atomic mass is 10.1. The van der Waals surface area contributed by atoms with Crippen molar-refractivity contribution < 1.29 is 19.5 Å². The fourth-order valence-corrected chi connectivity index (χ4v) is 2.34. The van der Waals surface area contributed by atoms with E-state index in [0.717, 1.165) is 18.7 Å². The summed E-state index contributed by atoms with van der Waals surface area (Å²) in [4.78, 5) is 18.5. The van der Waals surface area contributed by atoms with Gasteiger partial charge in [-0.15, -0.1) is 0 Å². The van der Waals surface area contributed by atoms with Crippen LogP contribution in [0, 0.1) is 0 Å². The maximum Gasteiger partial charge on any atom is 0.276 e. The summed E-state index contributed by atoms with van der Waals surface area (Å²) in [5.74, 6) is -0.00328. The van der Waals surface area contributed by atoms with Crippen LogP contribution >= 0.6 is 0 Å². The number of phenols is 1. The van der Waals surface area contributed by atoms with E-state index in [9.17, 15) is 9.90 Å². The Morgan fingerprint density at radius 2 is 2.25 bits per heavy atom. The van der Waals surface area contributed by atoms with Crippen molar-refractivity contribution in [1.82, 2.24) is 10.4 Å². The zero-order valence-electron chi connectivity index (χ0n) is 11.1. The number of carbonyl (C=O) groups excluding carboxylic acids is 1. The summed E-state index contributed by atoms with van der Waals surface area (Å²) < 4.78 is 5.22. The Bertz CT molecular complexity index is 565. The number of benzene rings is 1. The molecule has 0 atom stereocenters. The molecule has 0 bridgehead atoms. The van der Waals surface area contributed by atoms with Crippen molar-refractivity contribution in [3.63, 3.8) is 0 Å². The number of nitrogens with one attached hydrogen (secondary N) is 1. The molecule has 6 heteroatoms. The molecule has 0 radical (unpaired) electrons. The van der Waals surface area contributed by atoms with E-state index in [0.29, 0.717) is 12.1 Å². The van der Waals surface area contributed by atoms with Gasteiger partial charge in [0.25, 0.3) is 5.91 Å². The Labute approximate surface area is 116 Å². The number of hydrogen-bond acceptors (Lipinski definition) is 5. The average Bonchev–Trinajstić information content (AvgIpc) is 2.58. The summed E-state index contributed by atoms with van der Waals surface area (Å²) in [5.41, 5.74) is 3.68. The molecule has 0 saturated carbocycles. The fraction of sp³-hybridized carbons (Fsp3) is 0.357. The quantitative estimate of drug-likeness (QED) is 0.848. The van der Waals surface area contributed by atoms with E-state index in [1.54, 1.807) is 13.2 Å². The smallest absolute Gasteiger partial charge is 0.276 e. The first kappa shape index (κ1) is 13.0. The number of fused-ring (bicyclic) bond motifs is 1. The molecule has 20 heavy (non-hydrogen) atoms. The SMILES string of the molecule is COC1CN(Cc2ccc3c(c2O)ONC(=O)C=C3)C1. The summed E-state index contributed by atoms with van der Waals surface area (Å²) >= 11 is 0. The molecule has 6 nitrogen and oxygen atoms in total. The second-order valence-electron chi connectivity index (χ2n) is 4.95. The normalized spacial score (nSPS) is 18.8. The standard InChI is InChI=1S/C14H16N2O4/c1-19-11-7-16(8-11)6-10-3-2-9-4-5-12(17)15-20-14(9)13(10)18/h2-5,11,18H,6-8H2,1H3,(H,15,17). The zero-order valence-corrected chi connectivity index (χ0v) is 11.1. The van der Waals surface area contributed by atoms with Gasteiger partial charge in [0, 0.05) is 43.9 Å². The number of hydrogen-bond donors (Lipinski definition) is 2. The number of phenolic OH excluding ortho intramolecular Hbond substituents is 1. The van der Waals surface area contributed by atoms with Crippen LogP contribution in [0.2, 0.25) is 0 Å². The van der Waals surface area contributed by atoms with Crippen LogP contribution in [0.5, 0.6) is 11.5 Å². The highest BCUT2D eigenvalue weighted by Gasteiger charge is 2.27. The number of ether oxygens (including phenoxy) is 1. The van der Waals surface area contributed by atoms with Crippen molar-refractivity contribution in [3.05, 3.63) is 29.3 Å². The molecule has 2 aliphatic heterocycles. The molecule has 0 aliphatic carbocycles. The largest absolute Gasteiger partial charge is 0.504 e. The fourth-order valence-electron chi connectivity index (χ4n) is 2.34. The van der Waals surface area contributed by atoms with Gasteiger partial charge >= 0.3 is 0 Å². The maximum atomic E-state index is 11.2. The summed E-state index contributed by atoms with van der Waals surface area (Å²) in [6.45, 7) is 2.33. The van der Waals surface area contributed by atoms with Gasteiger partial charge in [0.2, 0.25) is 5.75 Å². The maximum absolute atomic E-state index is 11.2. The van der Waals surface area contributed by atoms with E-state index in [2.05, 4.69) is 10.4 Å². The Kier molecular flexibility index (Phi) is 3.33. The lowest BCUT2D eigenvalue weighted by molar-refractivity contribution is -0.122. The molecule has 1 amide bonds. The number of amides is 1. The first-order valence-electron chi connectivity index (χ1n) is 6.42. The van der Waals surface area contributed by atoms with Crippen LogP contribution in [0.4, 0.5) is 0 Å². The van der Waals surface area contributed by atoms with Crippen molar-refractivity contribution in [2.75, 3.05) is 20.2 Å². The average molecular weight is 276 g/mol. The minimum Gasteiger partial charge on any atom is -0.504 e.